The highest BCUT2D eigenvalue weighted by molar-refractivity contribution is 9.10. The summed E-state index contributed by atoms with van der Waals surface area (Å²) >= 11 is 3.37. The number of amides is 1. The van der Waals surface area contributed by atoms with Crippen molar-refractivity contribution < 1.29 is 4.79 Å². The monoisotopic (exact) mass is 319 g/mol. The Balaban J connectivity index is 2.18. The van der Waals surface area contributed by atoms with Gasteiger partial charge in [0, 0.05) is 36.0 Å². The highest BCUT2D eigenvalue weighted by atomic mass is 79.9. The predicted molar refractivity (Wildman–Crippen MR) is 80.7 cm³/mol. The van der Waals surface area contributed by atoms with Gasteiger partial charge in [-0.25, -0.2) is 4.98 Å². The van der Waals surface area contributed by atoms with Crippen molar-refractivity contribution in [3.8, 4) is 0 Å². The molecule has 0 aliphatic carbocycles. The Hall–Kier alpha value is -1.88. The average molecular weight is 320 g/mol. The minimum atomic E-state index is -0.149. The Kier molecular flexibility index (Phi) is 4.16. The number of benzene rings is 1. The van der Waals surface area contributed by atoms with E-state index in [1.165, 1.54) is 0 Å². The van der Waals surface area contributed by atoms with Crippen molar-refractivity contribution in [3.05, 3.63) is 52.6 Å². The molecule has 0 saturated carbocycles. The third kappa shape index (κ3) is 3.54. The van der Waals surface area contributed by atoms with Crippen LogP contribution < -0.4 is 10.2 Å². The van der Waals surface area contributed by atoms with Crippen LogP contribution in [0.5, 0.6) is 0 Å². The summed E-state index contributed by atoms with van der Waals surface area (Å²) in [4.78, 5) is 18.2. The standard InChI is InChI=1S/C14H14BrN3O/c1-18(2)13-8-10(6-7-16-13)14(19)17-12-5-3-4-11(15)9-12/h3-9H,1-2H3,(H,17,19). The molecule has 1 N–H and O–H groups in total. The molecule has 4 nitrogen and oxygen atoms in total. The van der Waals surface area contributed by atoms with Crippen LogP contribution in [0.3, 0.4) is 0 Å². The Labute approximate surface area is 120 Å². The van der Waals surface area contributed by atoms with Crippen LogP contribution >= 0.6 is 15.9 Å². The van der Waals surface area contributed by atoms with Crippen molar-refractivity contribution in [1.82, 2.24) is 4.98 Å². The SMILES string of the molecule is CN(C)c1cc(C(=O)Nc2cccc(Br)c2)ccn1. The molecule has 0 radical (unpaired) electrons. The molecule has 2 aromatic rings. The normalized spacial score (nSPS) is 10.1. The fourth-order valence-electron chi connectivity index (χ4n) is 1.57. The summed E-state index contributed by atoms with van der Waals surface area (Å²) in [5, 5.41) is 2.85. The second-order valence-electron chi connectivity index (χ2n) is 4.26. The van der Waals surface area contributed by atoms with Crippen LogP contribution in [0.1, 0.15) is 10.4 Å². The molecule has 0 bridgehead atoms. The average Bonchev–Trinajstić information content (AvgIpc) is 2.39. The number of rotatable bonds is 3. The second-order valence-corrected chi connectivity index (χ2v) is 5.18. The molecule has 2 rings (SSSR count). The number of carbonyl (C=O) groups excluding carboxylic acids is 1. The number of anilines is 2. The molecule has 0 spiro atoms. The van der Waals surface area contributed by atoms with Gasteiger partial charge >= 0.3 is 0 Å². The largest absolute Gasteiger partial charge is 0.363 e. The summed E-state index contributed by atoms with van der Waals surface area (Å²) in [5.74, 6) is 0.602. The molecule has 0 saturated heterocycles. The summed E-state index contributed by atoms with van der Waals surface area (Å²) in [6.07, 6.45) is 1.63. The van der Waals surface area contributed by atoms with Crippen LogP contribution in [0.25, 0.3) is 0 Å². The number of nitrogens with zero attached hydrogens (tertiary/aromatic N) is 2. The summed E-state index contributed by atoms with van der Waals surface area (Å²) < 4.78 is 0.925. The lowest BCUT2D eigenvalue weighted by atomic mass is 10.2. The quantitative estimate of drug-likeness (QED) is 0.945. The molecule has 1 aromatic heterocycles. The van der Waals surface area contributed by atoms with Gasteiger partial charge in [0.15, 0.2) is 0 Å². The van der Waals surface area contributed by atoms with Gasteiger partial charge in [0.2, 0.25) is 0 Å². The first-order valence-corrected chi connectivity index (χ1v) is 6.56. The zero-order chi connectivity index (χ0) is 13.8. The van der Waals surface area contributed by atoms with E-state index in [1.54, 1.807) is 18.3 Å². The Bertz CT molecular complexity index is 599. The van der Waals surface area contributed by atoms with Crippen molar-refractivity contribution in [1.29, 1.82) is 0 Å². The van der Waals surface area contributed by atoms with Crippen LogP contribution in [0.4, 0.5) is 11.5 Å². The fraction of sp³-hybridized carbons (Fsp3) is 0.143. The fourth-order valence-corrected chi connectivity index (χ4v) is 1.97. The molecule has 0 atom stereocenters. The lowest BCUT2D eigenvalue weighted by Crippen LogP contribution is -2.15. The van der Waals surface area contributed by atoms with E-state index in [1.807, 2.05) is 43.3 Å². The second kappa shape index (κ2) is 5.84. The van der Waals surface area contributed by atoms with E-state index in [2.05, 4.69) is 26.2 Å². The minimum Gasteiger partial charge on any atom is -0.363 e. The van der Waals surface area contributed by atoms with Gasteiger partial charge in [-0.15, -0.1) is 0 Å². The van der Waals surface area contributed by atoms with Crippen molar-refractivity contribution in [3.63, 3.8) is 0 Å². The molecule has 0 aliphatic heterocycles. The molecule has 0 unspecified atom stereocenters. The first kappa shape index (κ1) is 13.5. The van der Waals surface area contributed by atoms with Crippen LogP contribution in [-0.4, -0.2) is 25.0 Å². The number of halogens is 1. The topological polar surface area (TPSA) is 45.2 Å². The molecule has 1 amide bonds. The van der Waals surface area contributed by atoms with E-state index in [0.717, 1.165) is 16.0 Å². The first-order chi connectivity index (χ1) is 9.06. The van der Waals surface area contributed by atoms with Crippen molar-refractivity contribution in [2.45, 2.75) is 0 Å². The maximum Gasteiger partial charge on any atom is 0.255 e. The summed E-state index contributed by atoms with van der Waals surface area (Å²) in [6.45, 7) is 0. The molecule has 5 heteroatoms. The van der Waals surface area contributed by atoms with E-state index in [-0.39, 0.29) is 5.91 Å². The van der Waals surface area contributed by atoms with Gasteiger partial charge < -0.3 is 10.2 Å². The summed E-state index contributed by atoms with van der Waals surface area (Å²) in [7, 11) is 3.77. The number of carbonyl (C=O) groups is 1. The van der Waals surface area contributed by atoms with Crippen molar-refractivity contribution >= 4 is 33.3 Å². The van der Waals surface area contributed by atoms with Crippen LogP contribution in [0.2, 0.25) is 0 Å². The highest BCUT2D eigenvalue weighted by Crippen LogP contribution is 2.17. The van der Waals surface area contributed by atoms with Crippen molar-refractivity contribution in [2.24, 2.45) is 0 Å². The Morgan fingerprint density at radius 3 is 2.74 bits per heavy atom. The zero-order valence-corrected chi connectivity index (χ0v) is 12.3. The Morgan fingerprint density at radius 2 is 2.05 bits per heavy atom. The summed E-state index contributed by atoms with van der Waals surface area (Å²) in [5.41, 5.74) is 1.33. The van der Waals surface area contributed by atoms with Crippen LogP contribution in [0.15, 0.2) is 47.1 Å². The van der Waals surface area contributed by atoms with E-state index >= 15 is 0 Å². The lowest BCUT2D eigenvalue weighted by molar-refractivity contribution is 0.102. The summed E-state index contributed by atoms with van der Waals surface area (Å²) in [6, 6.07) is 10.9. The zero-order valence-electron chi connectivity index (χ0n) is 10.7. The number of aromatic nitrogens is 1. The predicted octanol–water partition coefficient (Wildman–Crippen LogP) is 3.16. The number of hydrogen-bond donors (Lipinski definition) is 1. The van der Waals surface area contributed by atoms with Crippen LogP contribution in [0, 0.1) is 0 Å². The molecule has 1 heterocycles. The van der Waals surface area contributed by atoms with E-state index in [9.17, 15) is 4.79 Å². The highest BCUT2D eigenvalue weighted by Gasteiger charge is 2.08. The van der Waals surface area contributed by atoms with Gasteiger partial charge in [0.25, 0.3) is 5.91 Å². The molecule has 1 aromatic carbocycles. The van der Waals surface area contributed by atoms with Crippen molar-refractivity contribution in [2.75, 3.05) is 24.3 Å². The maximum absolute atomic E-state index is 12.1. The van der Waals surface area contributed by atoms with Gasteiger partial charge in [-0.2, -0.15) is 0 Å². The first-order valence-electron chi connectivity index (χ1n) is 5.76. The smallest absolute Gasteiger partial charge is 0.255 e. The van der Waals surface area contributed by atoms with E-state index in [0.29, 0.717) is 5.56 Å². The Morgan fingerprint density at radius 1 is 1.26 bits per heavy atom. The maximum atomic E-state index is 12.1. The van der Waals surface area contributed by atoms with Gasteiger partial charge in [-0.3, -0.25) is 4.79 Å². The minimum absolute atomic E-state index is 0.149. The molecule has 0 fully saturated rings. The molecule has 19 heavy (non-hydrogen) atoms. The molecule has 98 valence electrons. The van der Waals surface area contributed by atoms with Gasteiger partial charge in [0.1, 0.15) is 5.82 Å². The number of pyridine rings is 1. The third-order valence-corrected chi connectivity index (χ3v) is 3.04. The molecular weight excluding hydrogens is 306 g/mol. The van der Waals surface area contributed by atoms with Gasteiger partial charge in [-0.1, -0.05) is 22.0 Å². The van der Waals surface area contributed by atoms with E-state index in [4.69, 9.17) is 0 Å². The molecular formula is C14H14BrN3O. The molecule has 0 aliphatic rings. The van der Waals surface area contributed by atoms with E-state index < -0.39 is 0 Å². The van der Waals surface area contributed by atoms with Gasteiger partial charge in [-0.05, 0) is 30.3 Å². The lowest BCUT2D eigenvalue weighted by Gasteiger charge is -2.12. The van der Waals surface area contributed by atoms with Gasteiger partial charge in [0.05, 0.1) is 0 Å². The van der Waals surface area contributed by atoms with Crippen LogP contribution in [-0.2, 0) is 0 Å². The number of hydrogen-bond acceptors (Lipinski definition) is 3. The third-order valence-electron chi connectivity index (χ3n) is 2.55. The number of nitrogens with one attached hydrogen (secondary N) is 1.